The summed E-state index contributed by atoms with van der Waals surface area (Å²) in [6.07, 6.45) is 7.98. The van der Waals surface area contributed by atoms with Gasteiger partial charge in [-0.1, -0.05) is 38.8 Å². The molecular formula is C28H33N7O4S. The number of hydrogen-bond donors (Lipinski definition) is 1. The van der Waals surface area contributed by atoms with Crippen molar-refractivity contribution in [2.45, 2.75) is 69.9 Å². The van der Waals surface area contributed by atoms with Crippen molar-refractivity contribution in [1.82, 2.24) is 29.5 Å². The van der Waals surface area contributed by atoms with E-state index in [9.17, 15) is 13.2 Å². The van der Waals surface area contributed by atoms with Crippen molar-refractivity contribution in [1.29, 1.82) is 0 Å². The van der Waals surface area contributed by atoms with Crippen molar-refractivity contribution in [2.24, 2.45) is 0 Å². The summed E-state index contributed by atoms with van der Waals surface area (Å²) in [4.78, 5) is 36.6. The van der Waals surface area contributed by atoms with Crippen molar-refractivity contribution < 1.29 is 13.2 Å². The lowest BCUT2D eigenvalue weighted by Gasteiger charge is -2.15. The molecule has 0 bridgehead atoms. The summed E-state index contributed by atoms with van der Waals surface area (Å²) >= 11 is 0. The maximum atomic E-state index is 13.6. The van der Waals surface area contributed by atoms with Gasteiger partial charge in [0.15, 0.2) is 27.1 Å². The highest BCUT2D eigenvalue weighted by Gasteiger charge is 2.31. The maximum absolute atomic E-state index is 13.6. The first kappa shape index (κ1) is 27.6. The van der Waals surface area contributed by atoms with E-state index in [0.29, 0.717) is 47.4 Å². The number of nitrogens with zero attached hydrogens (tertiary/aromatic N) is 6. The van der Waals surface area contributed by atoms with Crippen molar-refractivity contribution >= 4 is 26.8 Å². The minimum Gasteiger partial charge on any atom is -0.480 e. The summed E-state index contributed by atoms with van der Waals surface area (Å²) in [6.45, 7) is 4.51. The predicted octanol–water partition coefficient (Wildman–Crippen LogP) is 4.13. The molecule has 12 heteroatoms. The average molecular weight is 564 g/mol. The first-order chi connectivity index (χ1) is 19.4. The third-order valence-electron chi connectivity index (χ3n) is 7.02. The highest BCUT2D eigenvalue weighted by Crippen LogP contribution is 2.44. The second-order valence-electron chi connectivity index (χ2n) is 9.85. The largest absolute Gasteiger partial charge is 0.480 e. The summed E-state index contributed by atoms with van der Waals surface area (Å²) in [5.74, 6) is 1.35. The highest BCUT2D eigenvalue weighted by molar-refractivity contribution is 7.91. The molecule has 3 aromatic heterocycles. The van der Waals surface area contributed by atoms with Gasteiger partial charge in [-0.05, 0) is 37.0 Å². The summed E-state index contributed by atoms with van der Waals surface area (Å²) in [5.41, 5.74) is 2.98. The summed E-state index contributed by atoms with van der Waals surface area (Å²) in [7, 11) is -1.72. The molecule has 1 fully saturated rings. The molecule has 40 heavy (non-hydrogen) atoms. The molecule has 0 saturated heterocycles. The zero-order valence-corrected chi connectivity index (χ0v) is 23.7. The van der Waals surface area contributed by atoms with Crippen LogP contribution in [0.2, 0.25) is 0 Å². The third kappa shape index (κ3) is 5.67. The van der Waals surface area contributed by atoms with Crippen LogP contribution in [-0.2, 0) is 22.9 Å². The topological polar surface area (TPSA) is 142 Å². The lowest BCUT2D eigenvalue weighted by atomic mass is 10.1. The Kier molecular flexibility index (Phi) is 8.06. The average Bonchev–Trinajstić information content (AvgIpc) is 3.83. The van der Waals surface area contributed by atoms with E-state index >= 15 is 0 Å². The minimum atomic E-state index is -3.28. The number of anilines is 1. The van der Waals surface area contributed by atoms with Gasteiger partial charge in [0.2, 0.25) is 5.88 Å². The smallest absolute Gasteiger partial charge is 0.294 e. The van der Waals surface area contributed by atoms with E-state index < -0.39 is 9.84 Å². The highest BCUT2D eigenvalue weighted by atomic mass is 32.2. The Balaban J connectivity index is 1.51. The van der Waals surface area contributed by atoms with E-state index in [-0.39, 0.29) is 22.0 Å². The van der Waals surface area contributed by atoms with Crippen molar-refractivity contribution in [3.63, 3.8) is 0 Å². The van der Waals surface area contributed by atoms with E-state index in [2.05, 4.69) is 32.2 Å². The van der Waals surface area contributed by atoms with Crippen LogP contribution in [0.1, 0.15) is 63.1 Å². The molecule has 1 N–H and O–H groups in total. The third-order valence-corrected chi connectivity index (χ3v) is 8.77. The Morgan fingerprint density at radius 1 is 1.05 bits per heavy atom. The quantitative estimate of drug-likeness (QED) is 0.250. The van der Waals surface area contributed by atoms with Crippen LogP contribution in [0.15, 0.2) is 46.5 Å². The number of nitrogens with one attached hydrogen (secondary N) is 1. The molecule has 210 valence electrons. The fourth-order valence-electron chi connectivity index (χ4n) is 4.58. The van der Waals surface area contributed by atoms with E-state index in [4.69, 9.17) is 9.72 Å². The van der Waals surface area contributed by atoms with Crippen LogP contribution in [0, 0.1) is 0 Å². The van der Waals surface area contributed by atoms with Gasteiger partial charge in [-0.25, -0.2) is 33.3 Å². The van der Waals surface area contributed by atoms with Crippen LogP contribution < -0.4 is 15.6 Å². The van der Waals surface area contributed by atoms with Gasteiger partial charge in [-0.2, -0.15) is 0 Å². The molecule has 0 amide bonds. The standard InChI is InChI=1S/C28H33N7O4S/c1-4-6-7-14-35-26-21(16-30-24(34-26)22-23(19-10-11-19)31-17-32-27(22)39-3)33-25(28(35)36)29-15-18-8-12-20(13-9-18)40(37,38)5-2/h8-9,12-13,16-17,19H,4-7,10-11,14-15H2,1-3H3,(H,29,33). The fraction of sp³-hybridized carbons (Fsp3) is 0.429. The van der Waals surface area contributed by atoms with Crippen LogP contribution in [0.4, 0.5) is 5.82 Å². The van der Waals surface area contributed by atoms with Crippen LogP contribution in [0.25, 0.3) is 22.6 Å². The van der Waals surface area contributed by atoms with Crippen molar-refractivity contribution in [3.05, 3.63) is 58.4 Å². The normalized spacial score (nSPS) is 13.5. The van der Waals surface area contributed by atoms with E-state index in [1.54, 1.807) is 49.1 Å². The van der Waals surface area contributed by atoms with E-state index in [1.165, 1.54) is 6.33 Å². The van der Waals surface area contributed by atoms with Gasteiger partial charge >= 0.3 is 0 Å². The van der Waals surface area contributed by atoms with Crippen molar-refractivity contribution in [3.8, 4) is 17.3 Å². The maximum Gasteiger partial charge on any atom is 0.294 e. The molecule has 0 atom stereocenters. The number of unbranched alkanes of at least 4 members (excludes halogenated alkanes) is 2. The molecule has 1 aliphatic rings. The second kappa shape index (κ2) is 11.7. The number of hydrogen-bond acceptors (Lipinski definition) is 10. The number of rotatable bonds is 12. The molecular weight excluding hydrogens is 530 g/mol. The SMILES string of the molecule is CCCCCn1c(=O)c(NCc2ccc(S(=O)(=O)CC)cc2)nc2cnc(-c3c(OC)ncnc3C3CC3)nc21. The monoisotopic (exact) mass is 563 g/mol. The first-order valence-electron chi connectivity index (χ1n) is 13.6. The summed E-state index contributed by atoms with van der Waals surface area (Å²) in [5, 5.41) is 3.13. The first-order valence-corrected chi connectivity index (χ1v) is 15.2. The van der Waals surface area contributed by atoms with E-state index in [0.717, 1.165) is 43.4 Å². The zero-order chi connectivity index (χ0) is 28.3. The Bertz CT molecular complexity index is 1680. The Morgan fingerprint density at radius 3 is 2.50 bits per heavy atom. The Morgan fingerprint density at radius 2 is 1.82 bits per heavy atom. The zero-order valence-electron chi connectivity index (χ0n) is 22.9. The number of methoxy groups -OCH3 is 1. The van der Waals surface area contributed by atoms with Gasteiger partial charge in [-0.15, -0.1) is 0 Å². The predicted molar refractivity (Wildman–Crippen MR) is 152 cm³/mol. The lowest BCUT2D eigenvalue weighted by Crippen LogP contribution is -2.26. The molecule has 0 spiro atoms. The molecule has 1 aromatic carbocycles. The van der Waals surface area contributed by atoms with Gasteiger partial charge in [0.25, 0.3) is 5.56 Å². The number of aromatic nitrogens is 6. The van der Waals surface area contributed by atoms with Crippen LogP contribution in [0.3, 0.4) is 0 Å². The summed E-state index contributed by atoms with van der Waals surface area (Å²) < 4.78 is 31.4. The van der Waals surface area contributed by atoms with Gasteiger partial charge in [-0.3, -0.25) is 9.36 Å². The minimum absolute atomic E-state index is 0.0406. The summed E-state index contributed by atoms with van der Waals surface area (Å²) in [6, 6.07) is 6.64. The number of ether oxygens (including phenoxy) is 1. The molecule has 3 heterocycles. The van der Waals surface area contributed by atoms with Crippen LogP contribution in [0.5, 0.6) is 5.88 Å². The number of fused-ring (bicyclic) bond motifs is 1. The van der Waals surface area contributed by atoms with Gasteiger partial charge in [0.05, 0.1) is 29.6 Å². The van der Waals surface area contributed by atoms with Crippen LogP contribution in [-0.4, -0.2) is 50.8 Å². The molecule has 1 saturated carbocycles. The van der Waals surface area contributed by atoms with Gasteiger partial charge in [0.1, 0.15) is 17.4 Å². The molecule has 4 aromatic rings. The Hall–Kier alpha value is -3.93. The number of aryl methyl sites for hydroxylation is 1. The molecule has 0 unspecified atom stereocenters. The molecule has 0 aliphatic heterocycles. The van der Waals surface area contributed by atoms with Gasteiger partial charge in [0, 0.05) is 19.0 Å². The molecule has 5 rings (SSSR count). The van der Waals surface area contributed by atoms with E-state index in [1.807, 2.05) is 0 Å². The van der Waals surface area contributed by atoms with Crippen molar-refractivity contribution in [2.75, 3.05) is 18.2 Å². The molecule has 11 nitrogen and oxygen atoms in total. The molecule has 1 aliphatic carbocycles. The molecule has 0 radical (unpaired) electrons. The van der Waals surface area contributed by atoms with Crippen LogP contribution >= 0.6 is 0 Å². The lowest BCUT2D eigenvalue weighted by molar-refractivity contribution is 0.397. The number of sulfone groups is 1. The second-order valence-corrected chi connectivity index (χ2v) is 12.1. The number of benzene rings is 1. The van der Waals surface area contributed by atoms with Gasteiger partial charge < -0.3 is 10.1 Å². The fourth-order valence-corrected chi connectivity index (χ4v) is 5.46. The Labute approximate surface area is 233 Å².